The number of thioether (sulfide) groups is 1. The Morgan fingerprint density at radius 1 is 1.38 bits per heavy atom. The third kappa shape index (κ3) is 7.17. The van der Waals surface area contributed by atoms with Crippen LogP contribution in [0.3, 0.4) is 0 Å². The summed E-state index contributed by atoms with van der Waals surface area (Å²) in [6.07, 6.45) is 4.33. The van der Waals surface area contributed by atoms with Gasteiger partial charge in [0.25, 0.3) is 0 Å². The van der Waals surface area contributed by atoms with Gasteiger partial charge in [0.15, 0.2) is 5.96 Å². The minimum Gasteiger partial charge on any atom is -0.381 e. The fourth-order valence-electron chi connectivity index (χ4n) is 4.06. The van der Waals surface area contributed by atoms with E-state index >= 15 is 0 Å². The molecule has 0 radical (unpaired) electrons. The maximum atomic E-state index is 13.6. The molecule has 0 bridgehead atoms. The predicted octanol–water partition coefficient (Wildman–Crippen LogP) is 3.88. The van der Waals surface area contributed by atoms with Crippen molar-refractivity contribution in [3.63, 3.8) is 0 Å². The van der Waals surface area contributed by atoms with E-state index in [1.165, 1.54) is 6.07 Å². The average molecular weight is 536 g/mol. The van der Waals surface area contributed by atoms with Gasteiger partial charge >= 0.3 is 0 Å². The number of anilines is 1. The highest BCUT2D eigenvalue weighted by Gasteiger charge is 2.33. The van der Waals surface area contributed by atoms with E-state index in [1.807, 2.05) is 24.9 Å². The van der Waals surface area contributed by atoms with Crippen LogP contribution in [0.2, 0.25) is 0 Å². The van der Waals surface area contributed by atoms with Crippen LogP contribution in [0.5, 0.6) is 0 Å². The number of aliphatic imine (C=N–C) groups is 1. The van der Waals surface area contributed by atoms with Gasteiger partial charge in [0, 0.05) is 56.4 Å². The van der Waals surface area contributed by atoms with Crippen molar-refractivity contribution in [3.8, 4) is 0 Å². The fraction of sp³-hybridized carbons (Fsp3) is 0.667. The van der Waals surface area contributed by atoms with E-state index < -0.39 is 0 Å². The summed E-state index contributed by atoms with van der Waals surface area (Å²) in [7, 11) is 1.83. The Balaban J connectivity index is 0.00000300. The van der Waals surface area contributed by atoms with Crippen molar-refractivity contribution in [2.24, 2.45) is 4.99 Å². The van der Waals surface area contributed by atoms with Gasteiger partial charge in [-0.15, -0.1) is 24.0 Å². The molecular weight excluding hydrogens is 502 g/mol. The number of rotatable bonds is 6. The van der Waals surface area contributed by atoms with Gasteiger partial charge in [0.05, 0.1) is 0 Å². The number of ether oxygens (including phenoxy) is 1. The Kier molecular flexibility index (Phi) is 10.3. The molecule has 5 nitrogen and oxygen atoms in total. The summed E-state index contributed by atoms with van der Waals surface area (Å²) in [5.41, 5.74) is 0.954. The lowest BCUT2D eigenvalue weighted by molar-refractivity contribution is 0.0782. The van der Waals surface area contributed by atoms with E-state index in [2.05, 4.69) is 27.4 Å². The van der Waals surface area contributed by atoms with Crippen molar-refractivity contribution in [1.29, 1.82) is 0 Å². The minimum absolute atomic E-state index is 0. The molecule has 0 aromatic heterocycles. The first-order valence-corrected chi connectivity index (χ1v) is 11.3. The first-order valence-electron chi connectivity index (χ1n) is 10.3. The molecular formula is C21H34FIN4OS. The molecule has 0 saturated carbocycles. The molecule has 2 saturated heterocycles. The van der Waals surface area contributed by atoms with Crippen molar-refractivity contribution in [2.45, 2.75) is 43.4 Å². The molecule has 164 valence electrons. The first-order chi connectivity index (χ1) is 13.6. The van der Waals surface area contributed by atoms with Gasteiger partial charge in [-0.05, 0) is 49.6 Å². The molecule has 3 rings (SSSR count). The predicted molar refractivity (Wildman–Crippen MR) is 132 cm³/mol. The van der Waals surface area contributed by atoms with Crippen molar-refractivity contribution < 1.29 is 9.13 Å². The minimum atomic E-state index is -0.180. The smallest absolute Gasteiger partial charge is 0.191 e. The molecule has 29 heavy (non-hydrogen) atoms. The number of nitrogens with zero attached hydrogens (tertiary/aromatic N) is 2. The van der Waals surface area contributed by atoms with Gasteiger partial charge in [0.2, 0.25) is 0 Å². The summed E-state index contributed by atoms with van der Waals surface area (Å²) in [6.45, 7) is 6.61. The maximum Gasteiger partial charge on any atom is 0.191 e. The SMILES string of the molecule is CCSC1(CNC(=NC)NC2CCCN(c3cccc(F)c3)C2)CCOCC1.I. The van der Waals surface area contributed by atoms with Crippen LogP contribution >= 0.6 is 35.7 Å². The van der Waals surface area contributed by atoms with E-state index in [9.17, 15) is 4.39 Å². The number of nitrogens with one attached hydrogen (secondary N) is 2. The second kappa shape index (κ2) is 12.2. The van der Waals surface area contributed by atoms with Crippen molar-refractivity contribution in [3.05, 3.63) is 30.1 Å². The zero-order chi connectivity index (χ0) is 19.8. The lowest BCUT2D eigenvalue weighted by atomic mass is 9.99. The second-order valence-electron chi connectivity index (χ2n) is 7.56. The molecule has 8 heteroatoms. The van der Waals surface area contributed by atoms with Crippen LogP contribution in [0.25, 0.3) is 0 Å². The molecule has 1 aromatic carbocycles. The molecule has 0 aliphatic carbocycles. The third-order valence-corrected chi connectivity index (χ3v) is 7.05. The van der Waals surface area contributed by atoms with E-state index in [1.54, 1.807) is 12.1 Å². The molecule has 2 heterocycles. The number of guanidine groups is 1. The molecule has 2 aliphatic heterocycles. The van der Waals surface area contributed by atoms with Gasteiger partial charge < -0.3 is 20.3 Å². The Bertz CT molecular complexity index is 652. The summed E-state index contributed by atoms with van der Waals surface area (Å²) < 4.78 is 19.4. The highest BCUT2D eigenvalue weighted by Crippen LogP contribution is 2.34. The normalized spacial score (nSPS) is 22.0. The van der Waals surface area contributed by atoms with Crippen molar-refractivity contribution >= 4 is 47.4 Å². The lowest BCUT2D eigenvalue weighted by Gasteiger charge is -2.38. The van der Waals surface area contributed by atoms with Gasteiger partial charge in [-0.2, -0.15) is 11.8 Å². The first kappa shape index (κ1) is 24.5. The highest BCUT2D eigenvalue weighted by molar-refractivity contribution is 14.0. The van der Waals surface area contributed by atoms with Crippen LogP contribution in [-0.2, 0) is 4.74 Å². The molecule has 2 aliphatic rings. The molecule has 1 atom stereocenters. The number of piperidine rings is 1. The van der Waals surface area contributed by atoms with Crippen LogP contribution in [-0.4, -0.2) is 62.4 Å². The van der Waals surface area contributed by atoms with Crippen LogP contribution < -0.4 is 15.5 Å². The Morgan fingerprint density at radius 3 is 2.86 bits per heavy atom. The summed E-state index contributed by atoms with van der Waals surface area (Å²) >= 11 is 2.03. The van der Waals surface area contributed by atoms with E-state index in [0.717, 1.165) is 75.9 Å². The summed E-state index contributed by atoms with van der Waals surface area (Å²) in [4.78, 5) is 6.70. The topological polar surface area (TPSA) is 48.9 Å². The zero-order valence-electron chi connectivity index (χ0n) is 17.5. The zero-order valence-corrected chi connectivity index (χ0v) is 20.6. The molecule has 1 aromatic rings. The Morgan fingerprint density at radius 2 is 2.17 bits per heavy atom. The third-order valence-electron chi connectivity index (χ3n) is 5.59. The number of hydrogen-bond acceptors (Lipinski definition) is 4. The number of halogens is 2. The van der Waals surface area contributed by atoms with E-state index in [-0.39, 0.29) is 34.5 Å². The fourth-order valence-corrected chi connectivity index (χ4v) is 5.30. The molecule has 2 N–H and O–H groups in total. The Labute approximate surface area is 195 Å². The average Bonchev–Trinajstić information content (AvgIpc) is 2.72. The van der Waals surface area contributed by atoms with Gasteiger partial charge in [-0.3, -0.25) is 4.99 Å². The summed E-state index contributed by atoms with van der Waals surface area (Å²) in [5.74, 6) is 1.78. The van der Waals surface area contributed by atoms with Crippen molar-refractivity contribution in [2.75, 3.05) is 50.5 Å². The number of benzene rings is 1. The highest BCUT2D eigenvalue weighted by atomic mass is 127. The Hall–Kier alpha value is -0.740. The van der Waals surface area contributed by atoms with Crippen LogP contribution in [0, 0.1) is 5.82 Å². The number of hydrogen-bond donors (Lipinski definition) is 2. The molecule has 2 fully saturated rings. The van der Waals surface area contributed by atoms with Crippen LogP contribution in [0.15, 0.2) is 29.3 Å². The molecule has 1 unspecified atom stereocenters. The maximum absolute atomic E-state index is 13.6. The molecule has 0 spiro atoms. The molecule has 0 amide bonds. The quantitative estimate of drug-likeness (QED) is 0.329. The van der Waals surface area contributed by atoms with Gasteiger partial charge in [-0.25, -0.2) is 4.39 Å². The van der Waals surface area contributed by atoms with Crippen LogP contribution in [0.4, 0.5) is 10.1 Å². The largest absolute Gasteiger partial charge is 0.381 e. The van der Waals surface area contributed by atoms with E-state index in [0.29, 0.717) is 6.04 Å². The summed E-state index contributed by atoms with van der Waals surface area (Å²) in [5, 5.41) is 7.14. The van der Waals surface area contributed by atoms with E-state index in [4.69, 9.17) is 4.74 Å². The second-order valence-corrected chi connectivity index (χ2v) is 9.30. The van der Waals surface area contributed by atoms with Crippen LogP contribution in [0.1, 0.15) is 32.6 Å². The summed E-state index contributed by atoms with van der Waals surface area (Å²) in [6, 6.07) is 7.17. The van der Waals surface area contributed by atoms with Crippen molar-refractivity contribution in [1.82, 2.24) is 10.6 Å². The van der Waals surface area contributed by atoms with Gasteiger partial charge in [0.1, 0.15) is 5.82 Å². The lowest BCUT2D eigenvalue weighted by Crippen LogP contribution is -2.54. The standard InChI is InChI=1S/C21H33FN4OS.HI/c1-3-28-21(9-12-27-13-10-21)16-24-20(23-2)25-18-7-5-11-26(15-18)19-8-4-6-17(22)14-19;/h4,6,8,14,18H,3,5,7,9-13,15-16H2,1-2H3,(H2,23,24,25);1H. The van der Waals surface area contributed by atoms with Gasteiger partial charge in [-0.1, -0.05) is 13.0 Å². The monoisotopic (exact) mass is 536 g/mol.